The van der Waals surface area contributed by atoms with E-state index < -0.39 is 0 Å². The average Bonchev–Trinajstić information content (AvgIpc) is 2.70. The Labute approximate surface area is 97.1 Å². The van der Waals surface area contributed by atoms with Gasteiger partial charge in [-0.1, -0.05) is 13.8 Å². The molecule has 4 heteroatoms. The molecule has 1 aliphatic carbocycles. The number of hydrogen-bond acceptors (Lipinski definition) is 3. The Morgan fingerprint density at radius 3 is 2.81 bits per heavy atom. The van der Waals surface area contributed by atoms with Crippen LogP contribution in [0.4, 0.5) is 0 Å². The van der Waals surface area contributed by atoms with Crippen molar-refractivity contribution < 1.29 is 9.53 Å². The molecule has 0 aromatic rings. The number of ether oxygens (including phenoxy) is 1. The highest BCUT2D eigenvalue weighted by molar-refractivity contribution is 5.81. The summed E-state index contributed by atoms with van der Waals surface area (Å²) in [6.07, 6.45) is 1.49. The van der Waals surface area contributed by atoms with Crippen LogP contribution in [0.15, 0.2) is 0 Å². The molecule has 1 aliphatic heterocycles. The van der Waals surface area contributed by atoms with Crippen molar-refractivity contribution in [1.29, 1.82) is 0 Å². The zero-order valence-corrected chi connectivity index (χ0v) is 10.5. The van der Waals surface area contributed by atoms with Gasteiger partial charge in [-0.3, -0.25) is 4.79 Å². The average molecular weight is 226 g/mol. The summed E-state index contributed by atoms with van der Waals surface area (Å²) in [7, 11) is 1.67. The second-order valence-corrected chi connectivity index (χ2v) is 5.55. The number of carbonyl (C=O) groups excluding carboxylic acids is 1. The van der Waals surface area contributed by atoms with Crippen molar-refractivity contribution in [2.45, 2.75) is 45.4 Å². The molecule has 4 unspecified atom stereocenters. The number of carbonyl (C=O) groups is 1. The van der Waals surface area contributed by atoms with E-state index in [1.54, 1.807) is 7.05 Å². The van der Waals surface area contributed by atoms with E-state index in [9.17, 15) is 4.79 Å². The number of fused-ring (bicyclic) bond motifs is 1. The molecule has 4 nitrogen and oxygen atoms in total. The predicted octanol–water partition coefficient (Wildman–Crippen LogP) is 0.524. The Morgan fingerprint density at radius 2 is 2.19 bits per heavy atom. The van der Waals surface area contributed by atoms with Crippen LogP contribution < -0.4 is 10.6 Å². The van der Waals surface area contributed by atoms with Crippen LogP contribution in [0.5, 0.6) is 0 Å². The lowest BCUT2D eigenvalue weighted by molar-refractivity contribution is -0.130. The van der Waals surface area contributed by atoms with E-state index in [0.717, 1.165) is 13.0 Å². The van der Waals surface area contributed by atoms with Gasteiger partial charge in [0.05, 0.1) is 12.1 Å². The van der Waals surface area contributed by atoms with E-state index in [0.29, 0.717) is 18.1 Å². The van der Waals surface area contributed by atoms with Crippen LogP contribution >= 0.6 is 0 Å². The van der Waals surface area contributed by atoms with Gasteiger partial charge in [-0.2, -0.15) is 0 Å². The van der Waals surface area contributed by atoms with Gasteiger partial charge in [0.15, 0.2) is 0 Å². The smallest absolute Gasteiger partial charge is 0.236 e. The van der Waals surface area contributed by atoms with Crippen molar-refractivity contribution in [2.24, 2.45) is 11.3 Å². The van der Waals surface area contributed by atoms with Gasteiger partial charge in [0.25, 0.3) is 0 Å². The highest BCUT2D eigenvalue weighted by Gasteiger charge is 2.59. The normalized spacial score (nSPS) is 37.4. The number of likely N-dealkylation sites (N-methyl/N-ethyl adjacent to an activating group) is 1. The fraction of sp³-hybridized carbons (Fsp3) is 0.917. The molecule has 2 aliphatic rings. The first-order valence-corrected chi connectivity index (χ1v) is 6.07. The van der Waals surface area contributed by atoms with E-state index in [1.807, 2.05) is 6.92 Å². The quantitative estimate of drug-likeness (QED) is 0.738. The minimum Gasteiger partial charge on any atom is -0.377 e. The Morgan fingerprint density at radius 1 is 1.50 bits per heavy atom. The maximum absolute atomic E-state index is 11.5. The summed E-state index contributed by atoms with van der Waals surface area (Å²) in [5, 5.41) is 6.11. The SMILES string of the molecule is CNC(=O)C(C)NC1C2CCOC2C1(C)C. The molecule has 0 radical (unpaired) electrons. The van der Waals surface area contributed by atoms with E-state index in [2.05, 4.69) is 24.5 Å². The molecule has 92 valence electrons. The second-order valence-electron chi connectivity index (χ2n) is 5.55. The first-order chi connectivity index (χ1) is 7.48. The summed E-state index contributed by atoms with van der Waals surface area (Å²) in [6, 6.07) is 0.267. The molecular weight excluding hydrogens is 204 g/mol. The second kappa shape index (κ2) is 4.00. The van der Waals surface area contributed by atoms with Gasteiger partial charge in [0, 0.05) is 31.0 Å². The molecule has 2 rings (SSSR count). The maximum atomic E-state index is 11.5. The summed E-state index contributed by atoms with van der Waals surface area (Å²) in [5.41, 5.74) is 0.142. The molecule has 0 aromatic carbocycles. The van der Waals surface area contributed by atoms with Crippen LogP contribution in [0.2, 0.25) is 0 Å². The lowest BCUT2D eigenvalue weighted by atomic mass is 9.57. The van der Waals surface area contributed by atoms with Gasteiger partial charge >= 0.3 is 0 Å². The molecule has 4 atom stereocenters. The van der Waals surface area contributed by atoms with Crippen LogP contribution in [-0.4, -0.2) is 37.7 Å². The summed E-state index contributed by atoms with van der Waals surface area (Å²) in [5.74, 6) is 0.639. The molecule has 1 heterocycles. The van der Waals surface area contributed by atoms with Gasteiger partial charge in [0.1, 0.15) is 0 Å². The number of amides is 1. The Balaban J connectivity index is 1.97. The van der Waals surface area contributed by atoms with Crippen molar-refractivity contribution >= 4 is 5.91 Å². The standard InChI is InChI=1S/C12H22N2O2/c1-7(11(15)13-4)14-9-8-5-6-16-10(8)12(9,2)3/h7-10,14H,5-6H2,1-4H3,(H,13,15). The van der Waals surface area contributed by atoms with E-state index in [4.69, 9.17) is 4.74 Å². The van der Waals surface area contributed by atoms with Crippen LogP contribution in [-0.2, 0) is 9.53 Å². The van der Waals surface area contributed by atoms with Crippen molar-refractivity contribution in [3.8, 4) is 0 Å². The molecule has 2 N–H and O–H groups in total. The minimum absolute atomic E-state index is 0.0539. The van der Waals surface area contributed by atoms with Gasteiger partial charge in [0.2, 0.25) is 5.91 Å². The van der Waals surface area contributed by atoms with Crippen LogP contribution in [0.1, 0.15) is 27.2 Å². The zero-order chi connectivity index (χ0) is 11.9. The van der Waals surface area contributed by atoms with Crippen LogP contribution in [0, 0.1) is 11.3 Å². The van der Waals surface area contributed by atoms with Crippen LogP contribution in [0.3, 0.4) is 0 Å². The first kappa shape index (κ1) is 11.9. The third-order valence-electron chi connectivity index (χ3n) is 4.17. The summed E-state index contributed by atoms with van der Waals surface area (Å²) in [4.78, 5) is 11.5. The third-order valence-corrected chi connectivity index (χ3v) is 4.17. The van der Waals surface area contributed by atoms with Crippen molar-refractivity contribution in [1.82, 2.24) is 10.6 Å². The largest absolute Gasteiger partial charge is 0.377 e. The highest BCUT2D eigenvalue weighted by atomic mass is 16.5. The molecule has 0 spiro atoms. The minimum atomic E-state index is -0.129. The molecule has 2 fully saturated rings. The lowest BCUT2D eigenvalue weighted by Gasteiger charge is -2.55. The zero-order valence-electron chi connectivity index (χ0n) is 10.5. The monoisotopic (exact) mass is 226 g/mol. The third kappa shape index (κ3) is 1.64. The first-order valence-electron chi connectivity index (χ1n) is 6.07. The van der Waals surface area contributed by atoms with Crippen molar-refractivity contribution in [3.05, 3.63) is 0 Å². The van der Waals surface area contributed by atoms with Crippen molar-refractivity contribution in [3.63, 3.8) is 0 Å². The predicted molar refractivity (Wildman–Crippen MR) is 62.1 cm³/mol. The molecule has 16 heavy (non-hydrogen) atoms. The van der Waals surface area contributed by atoms with Crippen LogP contribution in [0.25, 0.3) is 0 Å². The van der Waals surface area contributed by atoms with E-state index in [-0.39, 0.29) is 17.4 Å². The Kier molecular flexibility index (Phi) is 2.97. The molecule has 1 amide bonds. The summed E-state index contributed by atoms with van der Waals surface area (Å²) >= 11 is 0. The summed E-state index contributed by atoms with van der Waals surface area (Å²) in [6.45, 7) is 7.21. The van der Waals surface area contributed by atoms with Crippen molar-refractivity contribution in [2.75, 3.05) is 13.7 Å². The molecule has 0 aromatic heterocycles. The Bertz CT molecular complexity index is 291. The fourth-order valence-electron chi connectivity index (χ4n) is 3.22. The Hall–Kier alpha value is -0.610. The molecule has 1 saturated heterocycles. The number of nitrogens with one attached hydrogen (secondary N) is 2. The molecule has 1 saturated carbocycles. The van der Waals surface area contributed by atoms with Gasteiger partial charge < -0.3 is 15.4 Å². The maximum Gasteiger partial charge on any atom is 0.236 e. The topological polar surface area (TPSA) is 50.4 Å². The van der Waals surface area contributed by atoms with E-state index in [1.165, 1.54) is 0 Å². The molecule has 0 bridgehead atoms. The van der Waals surface area contributed by atoms with E-state index >= 15 is 0 Å². The lowest BCUT2D eigenvalue weighted by Crippen LogP contribution is -2.68. The van der Waals surface area contributed by atoms with Gasteiger partial charge in [-0.15, -0.1) is 0 Å². The highest BCUT2D eigenvalue weighted by Crippen LogP contribution is 2.52. The fourth-order valence-corrected chi connectivity index (χ4v) is 3.22. The van der Waals surface area contributed by atoms with Gasteiger partial charge in [-0.05, 0) is 13.3 Å². The number of hydrogen-bond donors (Lipinski definition) is 2. The summed E-state index contributed by atoms with van der Waals surface area (Å²) < 4.78 is 5.73. The van der Waals surface area contributed by atoms with Gasteiger partial charge in [-0.25, -0.2) is 0 Å². The molecular formula is C12H22N2O2. The number of rotatable bonds is 3.